The fourth-order valence-corrected chi connectivity index (χ4v) is 2.89. The Balaban J connectivity index is 1.73. The summed E-state index contributed by atoms with van der Waals surface area (Å²) in [6.45, 7) is 8.91. The monoisotopic (exact) mass is 196 g/mol. The van der Waals surface area contributed by atoms with Gasteiger partial charge in [-0.15, -0.1) is 0 Å². The van der Waals surface area contributed by atoms with Crippen LogP contribution in [-0.4, -0.2) is 37.6 Å². The lowest BCUT2D eigenvalue weighted by Gasteiger charge is -2.33. The molecule has 0 saturated carbocycles. The third-order valence-corrected chi connectivity index (χ3v) is 3.86. The van der Waals surface area contributed by atoms with Gasteiger partial charge in [-0.2, -0.15) is 0 Å². The predicted octanol–water partition coefficient (Wildman–Crippen LogP) is 1.72. The Morgan fingerprint density at radius 3 is 2.93 bits per heavy atom. The van der Waals surface area contributed by atoms with Crippen LogP contribution in [0.2, 0.25) is 0 Å². The molecule has 2 aliphatic rings. The molecule has 2 heterocycles. The van der Waals surface area contributed by atoms with Gasteiger partial charge in [0.2, 0.25) is 0 Å². The molecule has 2 fully saturated rings. The highest BCUT2D eigenvalue weighted by Gasteiger charge is 2.22. The van der Waals surface area contributed by atoms with Crippen molar-refractivity contribution >= 4 is 0 Å². The van der Waals surface area contributed by atoms with Gasteiger partial charge in [0.15, 0.2) is 0 Å². The molecular weight excluding hydrogens is 172 g/mol. The highest BCUT2D eigenvalue weighted by molar-refractivity contribution is 4.78. The van der Waals surface area contributed by atoms with Gasteiger partial charge in [-0.25, -0.2) is 0 Å². The molecule has 2 unspecified atom stereocenters. The minimum absolute atomic E-state index is 0.936. The van der Waals surface area contributed by atoms with Crippen molar-refractivity contribution in [2.45, 2.75) is 32.6 Å². The van der Waals surface area contributed by atoms with Gasteiger partial charge in [-0.1, -0.05) is 13.3 Å². The topological polar surface area (TPSA) is 15.3 Å². The minimum atomic E-state index is 0.936. The number of piperidine rings is 1. The molecule has 0 aromatic carbocycles. The van der Waals surface area contributed by atoms with Gasteiger partial charge in [-0.05, 0) is 50.7 Å². The second-order valence-electron chi connectivity index (χ2n) is 5.03. The molecule has 0 radical (unpaired) electrons. The number of hydrogen-bond donors (Lipinski definition) is 1. The molecule has 1 N–H and O–H groups in total. The third kappa shape index (κ3) is 2.71. The van der Waals surface area contributed by atoms with Crippen molar-refractivity contribution in [3.8, 4) is 0 Å². The molecule has 2 heteroatoms. The number of likely N-dealkylation sites (tertiary alicyclic amines) is 1. The standard InChI is InChI=1S/C12H24N2/c1-2-11-4-3-7-14(9-11)10-12-5-6-13-8-12/h11-13H,2-10H2,1H3. The first-order chi connectivity index (χ1) is 6.88. The summed E-state index contributed by atoms with van der Waals surface area (Å²) >= 11 is 0. The van der Waals surface area contributed by atoms with Crippen molar-refractivity contribution in [2.24, 2.45) is 11.8 Å². The first-order valence-corrected chi connectivity index (χ1v) is 6.31. The number of nitrogens with one attached hydrogen (secondary N) is 1. The van der Waals surface area contributed by atoms with Crippen LogP contribution in [0.4, 0.5) is 0 Å². The predicted molar refractivity (Wildman–Crippen MR) is 60.4 cm³/mol. The Morgan fingerprint density at radius 2 is 2.21 bits per heavy atom. The van der Waals surface area contributed by atoms with Gasteiger partial charge in [0, 0.05) is 13.1 Å². The van der Waals surface area contributed by atoms with Gasteiger partial charge < -0.3 is 10.2 Å². The van der Waals surface area contributed by atoms with Crippen molar-refractivity contribution in [1.82, 2.24) is 10.2 Å². The molecule has 2 atom stereocenters. The van der Waals surface area contributed by atoms with Crippen molar-refractivity contribution in [2.75, 3.05) is 32.7 Å². The van der Waals surface area contributed by atoms with Crippen LogP contribution in [0.3, 0.4) is 0 Å². The number of nitrogens with zero attached hydrogens (tertiary/aromatic N) is 1. The van der Waals surface area contributed by atoms with Crippen LogP contribution in [0.5, 0.6) is 0 Å². The van der Waals surface area contributed by atoms with E-state index in [9.17, 15) is 0 Å². The highest BCUT2D eigenvalue weighted by Crippen LogP contribution is 2.21. The molecule has 0 aliphatic carbocycles. The van der Waals surface area contributed by atoms with Crippen LogP contribution in [0.15, 0.2) is 0 Å². The second-order valence-corrected chi connectivity index (χ2v) is 5.03. The van der Waals surface area contributed by atoms with Crippen molar-refractivity contribution in [1.29, 1.82) is 0 Å². The molecule has 2 saturated heterocycles. The van der Waals surface area contributed by atoms with E-state index >= 15 is 0 Å². The lowest BCUT2D eigenvalue weighted by molar-refractivity contribution is 0.152. The molecule has 82 valence electrons. The Labute approximate surface area is 88.1 Å². The normalized spacial score (nSPS) is 34.9. The molecule has 0 amide bonds. The van der Waals surface area contributed by atoms with Gasteiger partial charge >= 0.3 is 0 Å². The fourth-order valence-electron chi connectivity index (χ4n) is 2.89. The summed E-state index contributed by atoms with van der Waals surface area (Å²) in [5, 5.41) is 3.46. The number of rotatable bonds is 3. The molecule has 0 aromatic rings. The van der Waals surface area contributed by atoms with Crippen LogP contribution in [0.25, 0.3) is 0 Å². The Bertz CT molecular complexity index is 164. The second kappa shape index (κ2) is 5.13. The highest BCUT2D eigenvalue weighted by atomic mass is 15.1. The molecule has 0 aromatic heterocycles. The van der Waals surface area contributed by atoms with Crippen LogP contribution < -0.4 is 5.32 Å². The van der Waals surface area contributed by atoms with E-state index in [0.29, 0.717) is 0 Å². The maximum atomic E-state index is 3.46. The van der Waals surface area contributed by atoms with E-state index in [1.54, 1.807) is 0 Å². The summed E-state index contributed by atoms with van der Waals surface area (Å²) in [4.78, 5) is 2.70. The van der Waals surface area contributed by atoms with Gasteiger partial charge in [0.05, 0.1) is 0 Å². The average Bonchev–Trinajstić information content (AvgIpc) is 2.71. The van der Waals surface area contributed by atoms with Crippen LogP contribution in [0, 0.1) is 11.8 Å². The average molecular weight is 196 g/mol. The Hall–Kier alpha value is -0.0800. The van der Waals surface area contributed by atoms with Crippen LogP contribution in [-0.2, 0) is 0 Å². The Morgan fingerprint density at radius 1 is 1.29 bits per heavy atom. The quantitative estimate of drug-likeness (QED) is 0.739. The van der Waals surface area contributed by atoms with Crippen LogP contribution in [0.1, 0.15) is 32.6 Å². The lowest BCUT2D eigenvalue weighted by atomic mass is 9.94. The summed E-state index contributed by atoms with van der Waals surface area (Å²) in [5.74, 6) is 1.92. The van der Waals surface area contributed by atoms with Crippen molar-refractivity contribution < 1.29 is 0 Å². The fraction of sp³-hybridized carbons (Fsp3) is 1.00. The van der Waals surface area contributed by atoms with Crippen molar-refractivity contribution in [3.05, 3.63) is 0 Å². The largest absolute Gasteiger partial charge is 0.316 e. The van der Waals surface area contributed by atoms with E-state index in [0.717, 1.165) is 11.8 Å². The summed E-state index contributed by atoms with van der Waals surface area (Å²) in [6, 6.07) is 0. The summed E-state index contributed by atoms with van der Waals surface area (Å²) in [5.41, 5.74) is 0. The molecule has 14 heavy (non-hydrogen) atoms. The molecule has 0 spiro atoms. The van der Waals surface area contributed by atoms with E-state index in [4.69, 9.17) is 0 Å². The SMILES string of the molecule is CCC1CCCN(CC2CCNC2)C1. The van der Waals surface area contributed by atoms with Gasteiger partial charge in [0.1, 0.15) is 0 Å². The zero-order valence-corrected chi connectivity index (χ0v) is 9.47. The number of hydrogen-bond acceptors (Lipinski definition) is 2. The maximum absolute atomic E-state index is 3.46. The first-order valence-electron chi connectivity index (χ1n) is 6.31. The van der Waals surface area contributed by atoms with E-state index < -0.39 is 0 Å². The van der Waals surface area contributed by atoms with Crippen LogP contribution >= 0.6 is 0 Å². The van der Waals surface area contributed by atoms with Gasteiger partial charge in [0.25, 0.3) is 0 Å². The van der Waals surface area contributed by atoms with Gasteiger partial charge in [-0.3, -0.25) is 0 Å². The zero-order valence-electron chi connectivity index (χ0n) is 9.47. The molecule has 2 nitrogen and oxygen atoms in total. The maximum Gasteiger partial charge on any atom is 0.00224 e. The minimum Gasteiger partial charge on any atom is -0.316 e. The van der Waals surface area contributed by atoms with E-state index in [2.05, 4.69) is 17.1 Å². The Kier molecular flexibility index (Phi) is 3.82. The lowest BCUT2D eigenvalue weighted by Crippen LogP contribution is -2.38. The molecular formula is C12H24N2. The molecule has 2 aliphatic heterocycles. The summed E-state index contributed by atoms with van der Waals surface area (Å²) < 4.78 is 0. The van der Waals surface area contributed by atoms with Crippen molar-refractivity contribution in [3.63, 3.8) is 0 Å². The third-order valence-electron chi connectivity index (χ3n) is 3.86. The summed E-state index contributed by atoms with van der Waals surface area (Å²) in [6.07, 6.45) is 5.67. The first kappa shape index (κ1) is 10.4. The molecule has 0 bridgehead atoms. The van der Waals surface area contributed by atoms with E-state index in [1.165, 1.54) is 58.4 Å². The zero-order chi connectivity index (χ0) is 9.80. The summed E-state index contributed by atoms with van der Waals surface area (Å²) in [7, 11) is 0. The smallest absolute Gasteiger partial charge is 0.00224 e. The van der Waals surface area contributed by atoms with E-state index in [-0.39, 0.29) is 0 Å². The van der Waals surface area contributed by atoms with E-state index in [1.807, 2.05) is 0 Å². The molecule has 2 rings (SSSR count).